The highest BCUT2D eigenvalue weighted by Crippen LogP contribution is 2.49. The predicted molar refractivity (Wildman–Crippen MR) is 113 cm³/mol. The molecule has 2 saturated heterocycles. The number of rotatable bonds is 4. The van der Waals surface area contributed by atoms with Gasteiger partial charge in [0.1, 0.15) is 0 Å². The van der Waals surface area contributed by atoms with Gasteiger partial charge in [-0.3, -0.25) is 9.69 Å². The van der Waals surface area contributed by atoms with E-state index in [-0.39, 0.29) is 5.92 Å². The Morgan fingerprint density at radius 2 is 1.82 bits per heavy atom. The van der Waals surface area contributed by atoms with Gasteiger partial charge >= 0.3 is 0 Å². The van der Waals surface area contributed by atoms with Crippen molar-refractivity contribution in [2.75, 3.05) is 37.6 Å². The normalized spacial score (nSPS) is 28.9. The number of allylic oxidation sites excluding steroid dienone is 1. The molecule has 0 aromatic heterocycles. The summed E-state index contributed by atoms with van der Waals surface area (Å²) in [6, 6.07) is 9.67. The molecule has 4 heteroatoms. The average Bonchev–Trinajstić information content (AvgIpc) is 3.48. The van der Waals surface area contributed by atoms with Crippen LogP contribution in [0.1, 0.15) is 56.4 Å². The first-order valence-corrected chi connectivity index (χ1v) is 11.3. The van der Waals surface area contributed by atoms with Crippen LogP contribution >= 0.6 is 0 Å². The first-order valence-electron chi connectivity index (χ1n) is 11.3. The number of piperidine rings is 1. The lowest BCUT2D eigenvalue weighted by atomic mass is 9.91. The van der Waals surface area contributed by atoms with Crippen LogP contribution in [0.4, 0.5) is 5.69 Å². The van der Waals surface area contributed by atoms with Crippen LogP contribution in [0.5, 0.6) is 0 Å². The molecule has 1 aromatic carbocycles. The molecule has 2 aliphatic carbocycles. The number of hydrogen-bond acceptors (Lipinski definition) is 3. The second-order valence-corrected chi connectivity index (χ2v) is 9.16. The van der Waals surface area contributed by atoms with E-state index in [2.05, 4.69) is 45.5 Å². The van der Waals surface area contributed by atoms with E-state index in [0.717, 1.165) is 51.6 Å². The highest BCUT2D eigenvalue weighted by Gasteiger charge is 2.46. The molecule has 0 bridgehead atoms. The molecule has 2 aliphatic heterocycles. The SMILES string of the molecule is C=C1CCCCN1c1cccc([C@H]2C[C@@H]2C(=O)N2CCN(C3CCC3)CC2)c1. The molecule has 0 spiro atoms. The van der Waals surface area contributed by atoms with E-state index in [9.17, 15) is 4.79 Å². The van der Waals surface area contributed by atoms with Gasteiger partial charge in [0.2, 0.25) is 5.91 Å². The maximum atomic E-state index is 13.0. The minimum Gasteiger partial charge on any atom is -0.346 e. The van der Waals surface area contributed by atoms with Gasteiger partial charge in [-0.2, -0.15) is 0 Å². The molecule has 2 heterocycles. The lowest BCUT2D eigenvalue weighted by Gasteiger charge is -2.43. The van der Waals surface area contributed by atoms with E-state index in [4.69, 9.17) is 0 Å². The minimum atomic E-state index is 0.204. The molecular formula is C24H33N3O. The summed E-state index contributed by atoms with van der Waals surface area (Å²) in [5.41, 5.74) is 3.83. The van der Waals surface area contributed by atoms with Crippen LogP contribution < -0.4 is 4.90 Å². The van der Waals surface area contributed by atoms with Gasteiger partial charge in [-0.05, 0) is 62.1 Å². The molecule has 4 aliphatic rings. The molecule has 5 rings (SSSR count). The fourth-order valence-corrected chi connectivity index (χ4v) is 5.26. The number of nitrogens with zero attached hydrogens (tertiary/aromatic N) is 3. The molecule has 0 radical (unpaired) electrons. The van der Waals surface area contributed by atoms with Gasteiger partial charge < -0.3 is 9.80 Å². The Morgan fingerprint density at radius 1 is 1.00 bits per heavy atom. The van der Waals surface area contributed by atoms with Gasteiger partial charge in [0.15, 0.2) is 0 Å². The van der Waals surface area contributed by atoms with E-state index >= 15 is 0 Å². The smallest absolute Gasteiger partial charge is 0.226 e. The number of piperazine rings is 1. The number of carbonyl (C=O) groups excluding carboxylic acids is 1. The third-order valence-electron chi connectivity index (χ3n) is 7.41. The summed E-state index contributed by atoms with van der Waals surface area (Å²) in [5, 5.41) is 0. The average molecular weight is 380 g/mol. The predicted octanol–water partition coefficient (Wildman–Crippen LogP) is 3.99. The molecule has 4 nitrogen and oxygen atoms in total. The standard InChI is InChI=1S/C24H33N3O/c1-18-6-2-3-11-27(18)21-10-4-7-19(16-21)22-17-23(22)24(28)26-14-12-25(13-15-26)20-8-5-9-20/h4,7,10,16,20,22-23H,1-3,5-6,8-9,11-15,17H2/t22-,23+/m1/s1. The molecule has 2 saturated carbocycles. The molecule has 4 fully saturated rings. The van der Waals surface area contributed by atoms with Crippen LogP contribution in [0.15, 0.2) is 36.5 Å². The number of anilines is 1. The number of hydrogen-bond donors (Lipinski definition) is 0. The first-order chi connectivity index (χ1) is 13.7. The zero-order valence-electron chi connectivity index (χ0n) is 17.0. The van der Waals surface area contributed by atoms with Crippen molar-refractivity contribution in [1.82, 2.24) is 9.80 Å². The summed E-state index contributed by atoms with van der Waals surface area (Å²) in [7, 11) is 0. The number of amides is 1. The van der Waals surface area contributed by atoms with Crippen molar-refractivity contribution in [3.05, 3.63) is 42.1 Å². The van der Waals surface area contributed by atoms with E-state index in [1.165, 1.54) is 49.1 Å². The highest BCUT2D eigenvalue weighted by atomic mass is 16.2. The largest absolute Gasteiger partial charge is 0.346 e. The third-order valence-corrected chi connectivity index (χ3v) is 7.41. The second kappa shape index (κ2) is 7.55. The summed E-state index contributed by atoms with van der Waals surface area (Å²) in [5.74, 6) is 1.01. The zero-order valence-corrected chi connectivity index (χ0v) is 17.0. The maximum absolute atomic E-state index is 13.0. The quantitative estimate of drug-likeness (QED) is 0.791. The van der Waals surface area contributed by atoms with Gasteiger partial charge in [-0.15, -0.1) is 0 Å². The van der Waals surface area contributed by atoms with Crippen molar-refractivity contribution < 1.29 is 4.79 Å². The summed E-state index contributed by atoms with van der Waals surface area (Å²) in [4.78, 5) is 20.1. The van der Waals surface area contributed by atoms with E-state index < -0.39 is 0 Å². The van der Waals surface area contributed by atoms with Crippen molar-refractivity contribution in [3.63, 3.8) is 0 Å². The van der Waals surface area contributed by atoms with Gasteiger partial charge in [-0.1, -0.05) is 25.1 Å². The van der Waals surface area contributed by atoms with Crippen molar-refractivity contribution in [2.45, 2.75) is 56.9 Å². The second-order valence-electron chi connectivity index (χ2n) is 9.16. The molecule has 28 heavy (non-hydrogen) atoms. The fourth-order valence-electron chi connectivity index (χ4n) is 5.26. The zero-order chi connectivity index (χ0) is 19.1. The van der Waals surface area contributed by atoms with Crippen LogP contribution in [0.3, 0.4) is 0 Å². The van der Waals surface area contributed by atoms with Crippen LogP contribution in [0, 0.1) is 5.92 Å². The summed E-state index contributed by atoms with van der Waals surface area (Å²) < 4.78 is 0. The Balaban J connectivity index is 1.19. The molecular weight excluding hydrogens is 346 g/mol. The monoisotopic (exact) mass is 379 g/mol. The minimum absolute atomic E-state index is 0.204. The summed E-state index contributed by atoms with van der Waals surface area (Å²) in [6.45, 7) is 9.31. The molecule has 0 unspecified atom stereocenters. The highest BCUT2D eigenvalue weighted by molar-refractivity contribution is 5.83. The molecule has 1 aromatic rings. The Labute approximate surface area is 169 Å². The van der Waals surface area contributed by atoms with Crippen molar-refractivity contribution in [3.8, 4) is 0 Å². The van der Waals surface area contributed by atoms with Crippen molar-refractivity contribution >= 4 is 11.6 Å². The van der Waals surface area contributed by atoms with Crippen LogP contribution in [-0.4, -0.2) is 54.5 Å². The van der Waals surface area contributed by atoms with Crippen molar-refractivity contribution in [2.24, 2.45) is 5.92 Å². The van der Waals surface area contributed by atoms with Crippen LogP contribution in [-0.2, 0) is 4.79 Å². The van der Waals surface area contributed by atoms with Gasteiger partial charge in [0, 0.05) is 56.1 Å². The molecule has 0 N–H and O–H groups in total. The van der Waals surface area contributed by atoms with Crippen molar-refractivity contribution in [1.29, 1.82) is 0 Å². The van der Waals surface area contributed by atoms with E-state index in [0.29, 0.717) is 11.8 Å². The Bertz CT molecular complexity index is 748. The Kier molecular flexibility index (Phi) is 4.92. The first kappa shape index (κ1) is 18.2. The fraction of sp³-hybridized carbons (Fsp3) is 0.625. The summed E-state index contributed by atoms with van der Waals surface area (Å²) in [6.07, 6.45) is 8.71. The Morgan fingerprint density at radius 3 is 2.54 bits per heavy atom. The van der Waals surface area contributed by atoms with Gasteiger partial charge in [-0.25, -0.2) is 0 Å². The van der Waals surface area contributed by atoms with E-state index in [1.807, 2.05) is 0 Å². The van der Waals surface area contributed by atoms with Crippen LogP contribution in [0.2, 0.25) is 0 Å². The topological polar surface area (TPSA) is 26.8 Å². The van der Waals surface area contributed by atoms with Crippen LogP contribution in [0.25, 0.3) is 0 Å². The molecule has 2 atom stereocenters. The van der Waals surface area contributed by atoms with E-state index in [1.54, 1.807) is 0 Å². The lowest BCUT2D eigenvalue weighted by Crippen LogP contribution is -2.53. The van der Waals surface area contributed by atoms with Gasteiger partial charge in [0.25, 0.3) is 0 Å². The number of benzene rings is 1. The third kappa shape index (κ3) is 3.47. The summed E-state index contributed by atoms with van der Waals surface area (Å²) >= 11 is 0. The lowest BCUT2D eigenvalue weighted by molar-refractivity contribution is -0.135. The Hall–Kier alpha value is -1.81. The number of carbonyl (C=O) groups is 1. The van der Waals surface area contributed by atoms with Gasteiger partial charge in [0.05, 0.1) is 0 Å². The maximum Gasteiger partial charge on any atom is 0.226 e. The molecule has 150 valence electrons. The molecule has 1 amide bonds.